The molecule has 4 heteroatoms. The van der Waals surface area contributed by atoms with Crippen molar-refractivity contribution in [2.75, 3.05) is 13.7 Å². The first-order valence-corrected chi connectivity index (χ1v) is 4.68. The van der Waals surface area contributed by atoms with E-state index in [4.69, 9.17) is 10.5 Å². The second-order valence-corrected chi connectivity index (χ2v) is 3.59. The average Bonchev–Trinajstić information content (AvgIpc) is 2.04. The summed E-state index contributed by atoms with van der Waals surface area (Å²) in [7, 11) is 1.58. The van der Waals surface area contributed by atoms with Crippen molar-refractivity contribution >= 4 is 15.9 Å². The molecule has 1 rings (SSSR count). The molecule has 0 unspecified atom stereocenters. The fraction of sp³-hybridized carbons (Fsp3) is 0.333. The van der Waals surface area contributed by atoms with Gasteiger partial charge in [-0.1, -0.05) is 22.0 Å². The third-order valence-corrected chi connectivity index (χ3v) is 2.44. The predicted molar refractivity (Wildman–Crippen MR) is 54.6 cm³/mol. The van der Waals surface area contributed by atoms with E-state index in [9.17, 15) is 5.11 Å². The average molecular weight is 246 g/mol. The van der Waals surface area contributed by atoms with E-state index in [-0.39, 0.29) is 11.8 Å². The summed E-state index contributed by atoms with van der Waals surface area (Å²) in [6, 6.07) is 4.89. The van der Waals surface area contributed by atoms with Gasteiger partial charge in [-0.05, 0) is 12.1 Å². The van der Waals surface area contributed by atoms with Gasteiger partial charge >= 0.3 is 0 Å². The summed E-state index contributed by atoms with van der Waals surface area (Å²) in [5, 5.41) is 9.52. The van der Waals surface area contributed by atoms with E-state index >= 15 is 0 Å². The first kappa shape index (κ1) is 10.5. The molecule has 0 bridgehead atoms. The van der Waals surface area contributed by atoms with Crippen LogP contribution < -0.4 is 5.73 Å². The number of hydrogen-bond donors (Lipinski definition) is 2. The van der Waals surface area contributed by atoms with E-state index in [0.717, 1.165) is 4.47 Å². The smallest absolute Gasteiger partial charge is 0.121 e. The van der Waals surface area contributed by atoms with E-state index < -0.39 is 0 Å². The fourth-order valence-corrected chi connectivity index (χ4v) is 1.81. The van der Waals surface area contributed by atoms with Gasteiger partial charge in [-0.25, -0.2) is 0 Å². The Hall–Kier alpha value is -0.580. The lowest BCUT2D eigenvalue weighted by Crippen LogP contribution is -2.16. The van der Waals surface area contributed by atoms with Gasteiger partial charge in [0.05, 0.1) is 12.6 Å². The zero-order valence-corrected chi connectivity index (χ0v) is 8.91. The second-order valence-electron chi connectivity index (χ2n) is 2.73. The highest BCUT2D eigenvalue weighted by Gasteiger charge is 2.13. The lowest BCUT2D eigenvalue weighted by atomic mass is 10.1. The topological polar surface area (TPSA) is 55.5 Å². The highest BCUT2D eigenvalue weighted by Crippen LogP contribution is 2.30. The van der Waals surface area contributed by atoms with Crippen LogP contribution in [-0.2, 0) is 4.74 Å². The Kier molecular flexibility index (Phi) is 3.71. The molecule has 0 fully saturated rings. The molecule has 72 valence electrons. The highest BCUT2D eigenvalue weighted by atomic mass is 79.9. The molecule has 0 aliphatic carbocycles. The molecule has 0 aliphatic rings. The van der Waals surface area contributed by atoms with Crippen LogP contribution in [0.5, 0.6) is 5.75 Å². The summed E-state index contributed by atoms with van der Waals surface area (Å²) >= 11 is 3.32. The van der Waals surface area contributed by atoms with Crippen molar-refractivity contribution < 1.29 is 9.84 Å². The van der Waals surface area contributed by atoms with E-state index in [2.05, 4.69) is 15.9 Å². The van der Waals surface area contributed by atoms with Gasteiger partial charge in [0.15, 0.2) is 0 Å². The summed E-state index contributed by atoms with van der Waals surface area (Å²) in [4.78, 5) is 0. The third-order valence-electron chi connectivity index (χ3n) is 1.75. The van der Waals surface area contributed by atoms with E-state index in [1.807, 2.05) is 6.07 Å². The molecule has 3 nitrogen and oxygen atoms in total. The maximum absolute atomic E-state index is 9.52. The van der Waals surface area contributed by atoms with Gasteiger partial charge in [-0.3, -0.25) is 0 Å². The minimum atomic E-state index is -0.305. The van der Waals surface area contributed by atoms with Crippen molar-refractivity contribution in [3.63, 3.8) is 0 Å². The number of ether oxygens (including phenoxy) is 1. The Morgan fingerprint density at radius 2 is 2.31 bits per heavy atom. The van der Waals surface area contributed by atoms with E-state index in [1.54, 1.807) is 19.2 Å². The van der Waals surface area contributed by atoms with Crippen molar-refractivity contribution in [3.8, 4) is 5.75 Å². The number of methoxy groups -OCH3 is 1. The highest BCUT2D eigenvalue weighted by molar-refractivity contribution is 9.10. The van der Waals surface area contributed by atoms with Crippen molar-refractivity contribution in [2.24, 2.45) is 5.73 Å². The molecule has 0 spiro atoms. The van der Waals surface area contributed by atoms with Gasteiger partial charge in [-0.2, -0.15) is 0 Å². The maximum Gasteiger partial charge on any atom is 0.121 e. The van der Waals surface area contributed by atoms with Crippen LogP contribution in [0.25, 0.3) is 0 Å². The number of phenolic OH excluding ortho intramolecular Hbond substituents is 1. The number of aromatic hydroxyl groups is 1. The van der Waals surface area contributed by atoms with Crippen molar-refractivity contribution in [1.82, 2.24) is 0 Å². The summed E-state index contributed by atoms with van der Waals surface area (Å²) in [6.45, 7) is 0.385. The molecular formula is C9H12BrNO2. The fourth-order valence-electron chi connectivity index (χ4n) is 1.16. The molecule has 0 saturated carbocycles. The van der Waals surface area contributed by atoms with Crippen LogP contribution in [0.3, 0.4) is 0 Å². The van der Waals surface area contributed by atoms with Gasteiger partial charge in [-0.15, -0.1) is 0 Å². The van der Waals surface area contributed by atoms with Gasteiger partial charge in [0.1, 0.15) is 5.75 Å². The van der Waals surface area contributed by atoms with Gasteiger partial charge in [0.25, 0.3) is 0 Å². The predicted octanol–water partition coefficient (Wildman–Crippen LogP) is 1.80. The van der Waals surface area contributed by atoms with Crippen LogP contribution in [0.15, 0.2) is 22.7 Å². The van der Waals surface area contributed by atoms with Crippen LogP contribution in [0.2, 0.25) is 0 Å². The number of halogens is 1. The van der Waals surface area contributed by atoms with E-state index in [0.29, 0.717) is 12.2 Å². The van der Waals surface area contributed by atoms with Crippen LogP contribution in [0.1, 0.15) is 11.6 Å². The van der Waals surface area contributed by atoms with Crippen molar-refractivity contribution in [1.29, 1.82) is 0 Å². The summed E-state index contributed by atoms with van der Waals surface area (Å²) in [5.41, 5.74) is 6.48. The SMILES string of the molecule is COC[C@H](N)c1c(O)cccc1Br. The maximum atomic E-state index is 9.52. The van der Waals surface area contributed by atoms with Crippen LogP contribution in [-0.4, -0.2) is 18.8 Å². The van der Waals surface area contributed by atoms with Gasteiger partial charge in [0, 0.05) is 17.1 Å². The molecule has 0 heterocycles. The molecule has 1 aromatic rings. The summed E-state index contributed by atoms with van der Waals surface area (Å²) < 4.78 is 5.71. The molecule has 0 saturated heterocycles. The van der Waals surface area contributed by atoms with Gasteiger partial charge in [0.2, 0.25) is 0 Å². The molecule has 0 amide bonds. The monoisotopic (exact) mass is 245 g/mol. The number of nitrogens with two attached hydrogens (primary N) is 1. The Labute approximate surface area is 85.6 Å². The normalized spacial score (nSPS) is 12.8. The van der Waals surface area contributed by atoms with Crippen molar-refractivity contribution in [3.05, 3.63) is 28.2 Å². The number of hydrogen-bond acceptors (Lipinski definition) is 3. The van der Waals surface area contributed by atoms with Crippen LogP contribution >= 0.6 is 15.9 Å². The number of rotatable bonds is 3. The molecular weight excluding hydrogens is 234 g/mol. The number of benzene rings is 1. The lowest BCUT2D eigenvalue weighted by molar-refractivity contribution is 0.179. The Morgan fingerprint density at radius 3 is 2.85 bits per heavy atom. The van der Waals surface area contributed by atoms with E-state index in [1.165, 1.54) is 0 Å². The molecule has 1 aromatic carbocycles. The minimum absolute atomic E-state index is 0.193. The minimum Gasteiger partial charge on any atom is -0.508 e. The molecule has 0 aromatic heterocycles. The van der Waals surface area contributed by atoms with Crippen LogP contribution in [0, 0.1) is 0 Å². The molecule has 0 aliphatic heterocycles. The van der Waals surface area contributed by atoms with Crippen molar-refractivity contribution in [2.45, 2.75) is 6.04 Å². The molecule has 1 atom stereocenters. The first-order valence-electron chi connectivity index (χ1n) is 3.88. The molecule has 3 N–H and O–H groups in total. The summed E-state index contributed by atoms with van der Waals surface area (Å²) in [5.74, 6) is 0.193. The summed E-state index contributed by atoms with van der Waals surface area (Å²) in [6.07, 6.45) is 0. The van der Waals surface area contributed by atoms with Gasteiger partial charge < -0.3 is 15.6 Å². The standard InChI is InChI=1S/C9H12BrNO2/c1-13-5-7(11)9-6(10)3-2-4-8(9)12/h2-4,7,12H,5,11H2,1H3/t7-/m0/s1. The Morgan fingerprint density at radius 1 is 1.62 bits per heavy atom. The zero-order chi connectivity index (χ0) is 9.84. The Balaban J connectivity index is 2.98. The molecule has 13 heavy (non-hydrogen) atoms. The quantitative estimate of drug-likeness (QED) is 0.854. The second kappa shape index (κ2) is 4.60. The van der Waals surface area contributed by atoms with Crippen LogP contribution in [0.4, 0.5) is 0 Å². The largest absolute Gasteiger partial charge is 0.508 e. The molecule has 0 radical (unpaired) electrons. The third kappa shape index (κ3) is 2.43. The number of phenols is 1. The Bertz CT molecular complexity index is 271. The first-order chi connectivity index (χ1) is 6.16. The lowest BCUT2D eigenvalue weighted by Gasteiger charge is -2.14. The zero-order valence-electron chi connectivity index (χ0n) is 7.33.